The molecule has 0 saturated carbocycles. The minimum atomic E-state index is -0.260. The van der Waals surface area contributed by atoms with E-state index in [0.29, 0.717) is 11.7 Å². The van der Waals surface area contributed by atoms with E-state index in [1.165, 1.54) is 18.0 Å². The predicted molar refractivity (Wildman–Crippen MR) is 106 cm³/mol. The van der Waals surface area contributed by atoms with Crippen LogP contribution >= 0.6 is 23.4 Å². The van der Waals surface area contributed by atoms with Gasteiger partial charge in [-0.3, -0.25) is 9.69 Å². The number of hydrogen-bond acceptors (Lipinski definition) is 8. The van der Waals surface area contributed by atoms with Crippen LogP contribution in [0.25, 0.3) is 0 Å². The molecule has 1 fully saturated rings. The second-order valence-electron chi connectivity index (χ2n) is 6.04. The van der Waals surface area contributed by atoms with E-state index in [9.17, 15) is 4.79 Å². The predicted octanol–water partition coefficient (Wildman–Crippen LogP) is 1.58. The van der Waals surface area contributed by atoms with Gasteiger partial charge in [-0.25, -0.2) is 19.9 Å². The maximum Gasteiger partial charge on any atom is 0.271 e. The number of anilines is 1. The third-order valence-electron chi connectivity index (χ3n) is 4.26. The number of piperazine rings is 1. The Labute approximate surface area is 167 Å². The van der Waals surface area contributed by atoms with Gasteiger partial charge in [0.1, 0.15) is 0 Å². The molecule has 3 heterocycles. The lowest BCUT2D eigenvalue weighted by Gasteiger charge is -2.34. The minimum absolute atomic E-state index is 0.229. The Bertz CT molecular complexity index is 756. The molecule has 1 aliphatic rings. The molecule has 0 bridgehead atoms. The van der Waals surface area contributed by atoms with E-state index in [1.54, 1.807) is 12.4 Å². The Hall–Kier alpha value is -1.97. The molecule has 3 rings (SSSR count). The molecule has 10 heteroatoms. The zero-order chi connectivity index (χ0) is 19.1. The van der Waals surface area contributed by atoms with E-state index in [-0.39, 0.29) is 16.6 Å². The standard InChI is InChI=1S/C17H22ClN7OS/c1-27-17-22-12-13(18)14(23-17)15(26)19-6-3-7-24-8-10-25(11-9-24)16-20-4-2-5-21-16/h2,4-5,12H,3,6-11H2,1H3,(H,19,26). The zero-order valence-electron chi connectivity index (χ0n) is 15.1. The summed E-state index contributed by atoms with van der Waals surface area (Å²) in [4.78, 5) is 33.6. The van der Waals surface area contributed by atoms with Crippen molar-refractivity contribution in [3.63, 3.8) is 0 Å². The van der Waals surface area contributed by atoms with E-state index < -0.39 is 0 Å². The summed E-state index contributed by atoms with van der Waals surface area (Å²) in [7, 11) is 0. The molecule has 1 N–H and O–H groups in total. The minimum Gasteiger partial charge on any atom is -0.351 e. The molecule has 27 heavy (non-hydrogen) atoms. The van der Waals surface area contributed by atoms with E-state index >= 15 is 0 Å². The molecule has 144 valence electrons. The summed E-state index contributed by atoms with van der Waals surface area (Å²) in [5.74, 6) is 0.527. The Morgan fingerprint density at radius 3 is 2.67 bits per heavy atom. The number of hydrogen-bond donors (Lipinski definition) is 1. The first-order valence-electron chi connectivity index (χ1n) is 8.76. The zero-order valence-corrected chi connectivity index (χ0v) is 16.7. The van der Waals surface area contributed by atoms with Gasteiger partial charge in [0.05, 0.1) is 11.2 Å². The largest absolute Gasteiger partial charge is 0.351 e. The first-order chi connectivity index (χ1) is 13.2. The van der Waals surface area contributed by atoms with Crippen LogP contribution in [0.2, 0.25) is 5.02 Å². The molecule has 0 spiro atoms. The number of nitrogens with one attached hydrogen (secondary N) is 1. The highest BCUT2D eigenvalue weighted by Crippen LogP contribution is 2.16. The maximum atomic E-state index is 12.3. The number of amides is 1. The number of rotatable bonds is 7. The third kappa shape index (κ3) is 5.50. The molecule has 0 atom stereocenters. The molecule has 0 aromatic carbocycles. The lowest BCUT2D eigenvalue weighted by atomic mass is 10.3. The molecular formula is C17H22ClN7OS. The van der Waals surface area contributed by atoms with E-state index in [4.69, 9.17) is 11.6 Å². The van der Waals surface area contributed by atoms with E-state index in [0.717, 1.165) is 45.1 Å². The molecule has 1 amide bonds. The molecule has 2 aromatic heterocycles. The molecule has 0 radical (unpaired) electrons. The topological polar surface area (TPSA) is 87.1 Å². The maximum absolute atomic E-state index is 12.3. The van der Waals surface area contributed by atoms with Gasteiger partial charge in [0.2, 0.25) is 5.95 Å². The second-order valence-corrected chi connectivity index (χ2v) is 7.22. The summed E-state index contributed by atoms with van der Waals surface area (Å²) in [6, 6.07) is 1.82. The molecular weight excluding hydrogens is 386 g/mol. The van der Waals surface area contributed by atoms with Crippen molar-refractivity contribution in [2.24, 2.45) is 0 Å². The second kappa shape index (κ2) is 9.82. The summed E-state index contributed by atoms with van der Waals surface area (Å²) < 4.78 is 0. The number of nitrogens with zero attached hydrogens (tertiary/aromatic N) is 6. The summed E-state index contributed by atoms with van der Waals surface area (Å²) >= 11 is 7.40. The Morgan fingerprint density at radius 1 is 1.22 bits per heavy atom. The van der Waals surface area contributed by atoms with Crippen molar-refractivity contribution in [2.75, 3.05) is 50.4 Å². The number of carbonyl (C=O) groups excluding carboxylic acids is 1. The highest BCUT2D eigenvalue weighted by Gasteiger charge is 2.18. The summed E-state index contributed by atoms with van der Waals surface area (Å²) in [5, 5.41) is 3.69. The molecule has 0 unspecified atom stereocenters. The number of carbonyl (C=O) groups is 1. The Balaban J connectivity index is 1.38. The Morgan fingerprint density at radius 2 is 1.96 bits per heavy atom. The van der Waals surface area contributed by atoms with Crippen molar-refractivity contribution in [3.05, 3.63) is 35.4 Å². The lowest BCUT2D eigenvalue weighted by molar-refractivity contribution is 0.0945. The van der Waals surface area contributed by atoms with Gasteiger partial charge in [0.25, 0.3) is 5.91 Å². The number of halogens is 1. The van der Waals surface area contributed by atoms with Crippen LogP contribution in [0, 0.1) is 0 Å². The molecule has 1 saturated heterocycles. The van der Waals surface area contributed by atoms with Gasteiger partial charge >= 0.3 is 0 Å². The first kappa shape index (κ1) is 19.8. The van der Waals surface area contributed by atoms with Gasteiger partial charge in [0, 0.05) is 45.1 Å². The van der Waals surface area contributed by atoms with Crippen LogP contribution in [0.15, 0.2) is 29.8 Å². The summed E-state index contributed by atoms with van der Waals surface area (Å²) in [6.07, 6.45) is 7.72. The van der Waals surface area contributed by atoms with Gasteiger partial charge in [-0.2, -0.15) is 0 Å². The van der Waals surface area contributed by atoms with Gasteiger partial charge in [-0.1, -0.05) is 23.4 Å². The first-order valence-corrected chi connectivity index (χ1v) is 10.4. The SMILES string of the molecule is CSc1ncc(Cl)c(C(=O)NCCCN2CCN(c3ncccn3)CC2)n1. The number of thioether (sulfide) groups is 1. The average Bonchev–Trinajstić information content (AvgIpc) is 2.72. The third-order valence-corrected chi connectivity index (χ3v) is 5.10. The van der Waals surface area contributed by atoms with Crippen molar-refractivity contribution in [1.82, 2.24) is 30.2 Å². The van der Waals surface area contributed by atoms with Gasteiger partial charge < -0.3 is 10.2 Å². The smallest absolute Gasteiger partial charge is 0.271 e. The van der Waals surface area contributed by atoms with Crippen LogP contribution in [0.3, 0.4) is 0 Å². The van der Waals surface area contributed by atoms with Crippen LogP contribution in [-0.4, -0.2) is 76.3 Å². The molecule has 8 nitrogen and oxygen atoms in total. The normalized spacial score (nSPS) is 15.0. The molecule has 0 aliphatic carbocycles. The van der Waals surface area contributed by atoms with Gasteiger partial charge in [-0.05, 0) is 25.3 Å². The monoisotopic (exact) mass is 407 g/mol. The average molecular weight is 408 g/mol. The van der Waals surface area contributed by atoms with Crippen molar-refractivity contribution in [3.8, 4) is 0 Å². The van der Waals surface area contributed by atoms with Crippen LogP contribution < -0.4 is 10.2 Å². The lowest BCUT2D eigenvalue weighted by Crippen LogP contribution is -2.47. The van der Waals surface area contributed by atoms with Crippen LogP contribution in [0.5, 0.6) is 0 Å². The van der Waals surface area contributed by atoms with E-state index in [2.05, 4.69) is 35.1 Å². The summed E-state index contributed by atoms with van der Waals surface area (Å²) in [6.45, 7) is 5.24. The summed E-state index contributed by atoms with van der Waals surface area (Å²) in [5.41, 5.74) is 0.229. The fraction of sp³-hybridized carbons (Fsp3) is 0.471. The molecule has 2 aromatic rings. The van der Waals surface area contributed by atoms with Crippen LogP contribution in [-0.2, 0) is 0 Å². The van der Waals surface area contributed by atoms with Crippen molar-refractivity contribution in [1.29, 1.82) is 0 Å². The van der Waals surface area contributed by atoms with Crippen molar-refractivity contribution in [2.45, 2.75) is 11.6 Å². The van der Waals surface area contributed by atoms with Crippen molar-refractivity contribution < 1.29 is 4.79 Å². The van der Waals surface area contributed by atoms with E-state index in [1.807, 2.05) is 12.3 Å². The molecule has 1 aliphatic heterocycles. The van der Waals surface area contributed by atoms with Crippen molar-refractivity contribution >= 4 is 35.2 Å². The highest BCUT2D eigenvalue weighted by atomic mass is 35.5. The van der Waals surface area contributed by atoms with Crippen LogP contribution in [0.1, 0.15) is 16.9 Å². The fourth-order valence-electron chi connectivity index (χ4n) is 2.82. The Kier molecular flexibility index (Phi) is 7.19. The fourth-order valence-corrected chi connectivity index (χ4v) is 3.34. The number of aromatic nitrogens is 4. The van der Waals surface area contributed by atoms with Gasteiger partial charge in [0.15, 0.2) is 10.9 Å². The quantitative estimate of drug-likeness (QED) is 0.420. The highest BCUT2D eigenvalue weighted by molar-refractivity contribution is 7.98. The van der Waals surface area contributed by atoms with Gasteiger partial charge in [-0.15, -0.1) is 0 Å². The van der Waals surface area contributed by atoms with Crippen LogP contribution in [0.4, 0.5) is 5.95 Å².